The van der Waals surface area contributed by atoms with Crippen molar-refractivity contribution in [1.29, 1.82) is 0 Å². The summed E-state index contributed by atoms with van der Waals surface area (Å²) in [6.45, 7) is 1.63. The number of carbonyl (C=O) groups excluding carboxylic acids is 2. The molecule has 2 aliphatic heterocycles. The quantitative estimate of drug-likeness (QED) is 0.890. The third-order valence-electron chi connectivity index (χ3n) is 5.17. The minimum absolute atomic E-state index is 0.000739. The van der Waals surface area contributed by atoms with Gasteiger partial charge >= 0.3 is 0 Å². The van der Waals surface area contributed by atoms with Crippen molar-refractivity contribution in [2.24, 2.45) is 5.73 Å². The van der Waals surface area contributed by atoms with E-state index in [4.69, 9.17) is 5.73 Å². The minimum atomic E-state index is -0.366. The van der Waals surface area contributed by atoms with Crippen molar-refractivity contribution in [3.05, 3.63) is 48.0 Å². The van der Waals surface area contributed by atoms with E-state index >= 15 is 0 Å². The van der Waals surface area contributed by atoms with Crippen LogP contribution in [0.4, 0.5) is 0 Å². The highest BCUT2D eigenvalue weighted by molar-refractivity contribution is 8.01. The molecule has 0 radical (unpaired) electrons. The first-order valence-electron chi connectivity index (χ1n) is 8.94. The van der Waals surface area contributed by atoms with Gasteiger partial charge in [0, 0.05) is 36.3 Å². The molecular formula is C19H22N4O2S. The fraction of sp³-hybridized carbons (Fsp3) is 0.421. The number of likely N-dealkylation sites (tertiary alicyclic amines) is 1. The Morgan fingerprint density at radius 3 is 2.73 bits per heavy atom. The van der Waals surface area contributed by atoms with E-state index in [0.29, 0.717) is 0 Å². The maximum absolute atomic E-state index is 12.9. The van der Waals surface area contributed by atoms with Crippen molar-refractivity contribution < 1.29 is 9.59 Å². The van der Waals surface area contributed by atoms with Crippen LogP contribution in [0.2, 0.25) is 0 Å². The maximum Gasteiger partial charge on any atom is 0.237 e. The lowest BCUT2D eigenvalue weighted by Gasteiger charge is -2.33. The number of nitrogens with two attached hydrogens (primary N) is 1. The average Bonchev–Trinajstić information content (AvgIpc) is 3.27. The summed E-state index contributed by atoms with van der Waals surface area (Å²) in [5.74, 6) is 1.04. The van der Waals surface area contributed by atoms with Crippen LogP contribution >= 0.6 is 11.8 Å². The number of thioether (sulfide) groups is 1. The van der Waals surface area contributed by atoms with Crippen molar-refractivity contribution in [2.75, 3.05) is 13.1 Å². The number of hydrogen-bond donors (Lipinski definition) is 1. The maximum atomic E-state index is 12.9. The van der Waals surface area contributed by atoms with Gasteiger partial charge in [0.25, 0.3) is 0 Å². The molecule has 7 heteroatoms. The standard InChI is InChI=1S/C19H22N4O2S/c20-17(24)12-23-10-7-21-18(23)13-5-8-22(9-6-13)19(25)16-11-14-3-1-2-4-15(14)26-16/h1-4,7,10,13,16H,5-6,8-9,11-12H2,(H2,20,24). The summed E-state index contributed by atoms with van der Waals surface area (Å²) in [4.78, 5) is 31.7. The summed E-state index contributed by atoms with van der Waals surface area (Å²) in [6, 6.07) is 8.27. The van der Waals surface area contributed by atoms with Crippen LogP contribution in [0.1, 0.15) is 30.1 Å². The van der Waals surface area contributed by atoms with Crippen LogP contribution in [0.5, 0.6) is 0 Å². The second kappa shape index (κ2) is 7.15. The number of carbonyl (C=O) groups is 2. The summed E-state index contributed by atoms with van der Waals surface area (Å²) < 4.78 is 1.83. The highest BCUT2D eigenvalue weighted by atomic mass is 32.2. The number of piperidine rings is 1. The fourth-order valence-electron chi connectivity index (χ4n) is 3.86. The van der Waals surface area contributed by atoms with Crippen molar-refractivity contribution >= 4 is 23.6 Å². The molecule has 2 N–H and O–H groups in total. The number of rotatable bonds is 4. The smallest absolute Gasteiger partial charge is 0.237 e. The molecule has 26 heavy (non-hydrogen) atoms. The predicted molar refractivity (Wildman–Crippen MR) is 99.8 cm³/mol. The average molecular weight is 370 g/mol. The van der Waals surface area contributed by atoms with Gasteiger partial charge in [-0.2, -0.15) is 0 Å². The Morgan fingerprint density at radius 1 is 1.23 bits per heavy atom. The molecule has 1 fully saturated rings. The van der Waals surface area contributed by atoms with Crippen LogP contribution < -0.4 is 5.73 Å². The first-order valence-corrected chi connectivity index (χ1v) is 9.82. The van der Waals surface area contributed by atoms with Crippen LogP contribution in [-0.4, -0.2) is 44.6 Å². The van der Waals surface area contributed by atoms with Crippen LogP contribution in [-0.2, 0) is 22.6 Å². The molecule has 1 unspecified atom stereocenters. The normalized spacial score (nSPS) is 20.2. The molecule has 1 saturated heterocycles. The molecular weight excluding hydrogens is 348 g/mol. The zero-order valence-electron chi connectivity index (χ0n) is 14.5. The Morgan fingerprint density at radius 2 is 2.00 bits per heavy atom. The highest BCUT2D eigenvalue weighted by Gasteiger charge is 2.34. The van der Waals surface area contributed by atoms with Crippen molar-refractivity contribution in [3.8, 4) is 0 Å². The lowest BCUT2D eigenvalue weighted by Crippen LogP contribution is -2.42. The van der Waals surface area contributed by atoms with Gasteiger partial charge in [0.2, 0.25) is 11.8 Å². The monoisotopic (exact) mass is 370 g/mol. The van der Waals surface area contributed by atoms with Gasteiger partial charge in [-0.05, 0) is 30.9 Å². The Labute approximate surface area is 156 Å². The lowest BCUT2D eigenvalue weighted by molar-refractivity contribution is -0.131. The highest BCUT2D eigenvalue weighted by Crippen LogP contribution is 2.38. The molecule has 2 aliphatic rings. The van der Waals surface area contributed by atoms with Crippen molar-refractivity contribution in [2.45, 2.75) is 41.9 Å². The van der Waals surface area contributed by atoms with Gasteiger partial charge in [-0.1, -0.05) is 18.2 Å². The van der Waals surface area contributed by atoms with E-state index in [9.17, 15) is 9.59 Å². The van der Waals surface area contributed by atoms with Crippen molar-refractivity contribution in [3.63, 3.8) is 0 Å². The zero-order valence-corrected chi connectivity index (χ0v) is 15.3. The largest absolute Gasteiger partial charge is 0.368 e. The zero-order chi connectivity index (χ0) is 18.1. The molecule has 4 rings (SSSR count). The molecule has 0 aliphatic carbocycles. The molecule has 6 nitrogen and oxygen atoms in total. The number of amides is 2. The second-order valence-corrected chi connectivity index (χ2v) is 8.14. The van der Waals surface area contributed by atoms with E-state index < -0.39 is 0 Å². The number of primary amides is 1. The SMILES string of the molecule is NC(=O)Cn1ccnc1C1CCN(C(=O)C2Cc3ccccc3S2)CC1. The fourth-order valence-corrected chi connectivity index (χ4v) is 5.14. The molecule has 136 valence electrons. The van der Waals surface area contributed by atoms with Crippen molar-refractivity contribution in [1.82, 2.24) is 14.5 Å². The number of fused-ring (bicyclic) bond motifs is 1. The van der Waals surface area contributed by atoms with Crippen LogP contribution in [0.3, 0.4) is 0 Å². The third-order valence-corrected chi connectivity index (χ3v) is 6.47. The topological polar surface area (TPSA) is 81.2 Å². The number of nitrogens with zero attached hydrogens (tertiary/aromatic N) is 3. The van der Waals surface area contributed by atoms with Gasteiger partial charge in [-0.25, -0.2) is 4.98 Å². The summed E-state index contributed by atoms with van der Waals surface area (Å²) in [7, 11) is 0. The minimum Gasteiger partial charge on any atom is -0.368 e. The summed E-state index contributed by atoms with van der Waals surface area (Å²) in [6.07, 6.45) is 6.06. The molecule has 0 spiro atoms. The number of aromatic nitrogens is 2. The lowest BCUT2D eigenvalue weighted by atomic mass is 9.95. The van der Waals surface area contributed by atoms with E-state index in [-0.39, 0.29) is 29.5 Å². The van der Waals surface area contributed by atoms with E-state index in [1.54, 1.807) is 24.2 Å². The van der Waals surface area contributed by atoms with Gasteiger partial charge in [0.15, 0.2) is 0 Å². The van der Waals surface area contributed by atoms with Gasteiger partial charge in [0.1, 0.15) is 12.4 Å². The van der Waals surface area contributed by atoms with E-state index in [0.717, 1.165) is 38.2 Å². The van der Waals surface area contributed by atoms with E-state index in [2.05, 4.69) is 17.1 Å². The number of imidazole rings is 1. The molecule has 0 bridgehead atoms. The first kappa shape index (κ1) is 17.1. The molecule has 3 heterocycles. The molecule has 0 saturated carbocycles. The molecule has 1 aromatic heterocycles. The van der Waals surface area contributed by atoms with Gasteiger partial charge in [-0.3, -0.25) is 9.59 Å². The summed E-state index contributed by atoms with van der Waals surface area (Å²) in [5, 5.41) is 0.000739. The molecule has 1 atom stereocenters. The molecule has 2 amide bonds. The second-order valence-electron chi connectivity index (χ2n) is 6.90. The van der Waals surface area contributed by atoms with Crippen LogP contribution in [0.15, 0.2) is 41.6 Å². The Hall–Kier alpha value is -2.28. The van der Waals surface area contributed by atoms with Gasteiger partial charge in [-0.15, -0.1) is 11.8 Å². The van der Waals surface area contributed by atoms with Crippen LogP contribution in [0, 0.1) is 0 Å². The predicted octanol–water partition coefficient (Wildman–Crippen LogP) is 1.79. The summed E-state index contributed by atoms with van der Waals surface area (Å²) >= 11 is 1.69. The number of hydrogen-bond acceptors (Lipinski definition) is 4. The Kier molecular flexibility index (Phi) is 4.72. The van der Waals surface area contributed by atoms with E-state index in [1.165, 1.54) is 10.5 Å². The Balaban J connectivity index is 1.36. The van der Waals surface area contributed by atoms with Gasteiger partial charge < -0.3 is 15.2 Å². The third kappa shape index (κ3) is 3.35. The first-order chi connectivity index (χ1) is 12.6. The van der Waals surface area contributed by atoms with Crippen LogP contribution in [0.25, 0.3) is 0 Å². The molecule has 2 aromatic rings. The molecule has 1 aromatic carbocycles. The summed E-state index contributed by atoms with van der Waals surface area (Å²) in [5.41, 5.74) is 6.58. The number of benzene rings is 1. The van der Waals surface area contributed by atoms with E-state index in [1.807, 2.05) is 21.6 Å². The Bertz CT molecular complexity index is 801. The van der Waals surface area contributed by atoms with Gasteiger partial charge in [0.05, 0.1) is 5.25 Å².